The molecule has 2 rings (SSSR count). The number of rotatable bonds is 3. The van der Waals surface area contributed by atoms with Gasteiger partial charge in [-0.25, -0.2) is 0 Å². The van der Waals surface area contributed by atoms with Gasteiger partial charge < -0.3 is 10.4 Å². The largest absolute Gasteiger partial charge is 0.388 e. The molecule has 94 valence electrons. The van der Waals surface area contributed by atoms with E-state index in [1.54, 1.807) is 12.1 Å². The highest BCUT2D eigenvalue weighted by molar-refractivity contribution is 6.42. The van der Waals surface area contributed by atoms with Crippen molar-refractivity contribution in [2.24, 2.45) is 0 Å². The van der Waals surface area contributed by atoms with Crippen LogP contribution in [0.1, 0.15) is 37.4 Å². The van der Waals surface area contributed by atoms with Crippen LogP contribution in [0.4, 0.5) is 0 Å². The first-order chi connectivity index (χ1) is 8.16. The number of halogens is 2. The molecule has 1 heterocycles. The second-order valence-corrected chi connectivity index (χ2v) is 5.39. The average molecular weight is 274 g/mol. The van der Waals surface area contributed by atoms with Gasteiger partial charge in [-0.1, -0.05) is 35.7 Å². The highest BCUT2D eigenvalue weighted by Crippen LogP contribution is 2.28. The SMILES string of the molecule is OC(CC1CCCCN1)c1ccc(Cl)c(Cl)c1. The summed E-state index contributed by atoms with van der Waals surface area (Å²) in [6.07, 6.45) is 3.88. The summed E-state index contributed by atoms with van der Waals surface area (Å²) < 4.78 is 0. The third-order valence-electron chi connectivity index (χ3n) is 3.25. The van der Waals surface area contributed by atoms with E-state index in [0.29, 0.717) is 16.1 Å². The van der Waals surface area contributed by atoms with E-state index < -0.39 is 6.10 Å². The summed E-state index contributed by atoms with van der Waals surface area (Å²) >= 11 is 11.8. The van der Waals surface area contributed by atoms with Crippen molar-refractivity contribution in [1.82, 2.24) is 5.32 Å². The fourth-order valence-electron chi connectivity index (χ4n) is 2.25. The Labute approximate surface area is 112 Å². The molecule has 0 spiro atoms. The molecule has 2 N–H and O–H groups in total. The maximum Gasteiger partial charge on any atom is 0.0805 e. The lowest BCUT2D eigenvalue weighted by atomic mass is 9.96. The number of hydrogen-bond acceptors (Lipinski definition) is 2. The molecule has 17 heavy (non-hydrogen) atoms. The fourth-order valence-corrected chi connectivity index (χ4v) is 2.56. The molecule has 2 nitrogen and oxygen atoms in total. The zero-order valence-corrected chi connectivity index (χ0v) is 11.1. The zero-order chi connectivity index (χ0) is 12.3. The third kappa shape index (κ3) is 3.59. The summed E-state index contributed by atoms with van der Waals surface area (Å²) in [4.78, 5) is 0. The molecule has 1 saturated heterocycles. The molecule has 0 aliphatic carbocycles. The minimum atomic E-state index is -0.472. The van der Waals surface area contributed by atoms with Crippen LogP contribution >= 0.6 is 23.2 Å². The van der Waals surface area contributed by atoms with Gasteiger partial charge in [-0.2, -0.15) is 0 Å². The van der Waals surface area contributed by atoms with Crippen LogP contribution in [-0.2, 0) is 0 Å². The predicted octanol–water partition coefficient (Wildman–Crippen LogP) is 3.56. The summed E-state index contributed by atoms with van der Waals surface area (Å²) in [5.74, 6) is 0. The lowest BCUT2D eigenvalue weighted by molar-refractivity contribution is 0.144. The van der Waals surface area contributed by atoms with Crippen LogP contribution in [0.25, 0.3) is 0 Å². The van der Waals surface area contributed by atoms with Crippen LogP contribution in [0.2, 0.25) is 10.0 Å². The molecule has 1 aliphatic heterocycles. The molecule has 0 radical (unpaired) electrons. The lowest BCUT2D eigenvalue weighted by Crippen LogP contribution is -2.35. The van der Waals surface area contributed by atoms with E-state index in [4.69, 9.17) is 23.2 Å². The van der Waals surface area contributed by atoms with E-state index in [9.17, 15) is 5.11 Å². The topological polar surface area (TPSA) is 32.3 Å². The Balaban J connectivity index is 1.98. The van der Waals surface area contributed by atoms with Crippen LogP contribution in [0, 0.1) is 0 Å². The Morgan fingerprint density at radius 1 is 1.29 bits per heavy atom. The van der Waals surface area contributed by atoms with Crippen molar-refractivity contribution in [2.75, 3.05) is 6.54 Å². The molecule has 2 atom stereocenters. The van der Waals surface area contributed by atoms with Gasteiger partial charge in [0, 0.05) is 6.04 Å². The van der Waals surface area contributed by atoms with Crippen molar-refractivity contribution in [2.45, 2.75) is 37.8 Å². The third-order valence-corrected chi connectivity index (χ3v) is 3.99. The second-order valence-electron chi connectivity index (χ2n) is 4.57. The summed E-state index contributed by atoms with van der Waals surface area (Å²) in [5.41, 5.74) is 0.840. The van der Waals surface area contributed by atoms with Gasteiger partial charge in [-0.3, -0.25) is 0 Å². The quantitative estimate of drug-likeness (QED) is 0.883. The Morgan fingerprint density at radius 3 is 2.76 bits per heavy atom. The molecule has 0 saturated carbocycles. The van der Waals surface area contributed by atoms with Crippen LogP contribution in [0.15, 0.2) is 18.2 Å². The van der Waals surface area contributed by atoms with Crippen LogP contribution < -0.4 is 5.32 Å². The molecule has 1 aromatic rings. The van der Waals surface area contributed by atoms with Gasteiger partial charge >= 0.3 is 0 Å². The molecular formula is C13H17Cl2NO. The first-order valence-electron chi connectivity index (χ1n) is 6.03. The summed E-state index contributed by atoms with van der Waals surface area (Å²) in [6.45, 7) is 1.05. The molecule has 4 heteroatoms. The molecule has 0 amide bonds. The maximum atomic E-state index is 10.1. The minimum absolute atomic E-state index is 0.410. The zero-order valence-electron chi connectivity index (χ0n) is 9.63. The summed E-state index contributed by atoms with van der Waals surface area (Å²) in [7, 11) is 0. The van der Waals surface area contributed by atoms with E-state index >= 15 is 0 Å². The van der Waals surface area contributed by atoms with Crippen molar-refractivity contribution in [3.63, 3.8) is 0 Å². The number of hydrogen-bond donors (Lipinski definition) is 2. The molecular weight excluding hydrogens is 257 g/mol. The first kappa shape index (κ1) is 13.2. The van der Waals surface area contributed by atoms with Gasteiger partial charge in [-0.15, -0.1) is 0 Å². The highest BCUT2D eigenvalue weighted by atomic mass is 35.5. The summed E-state index contributed by atoms with van der Waals surface area (Å²) in [6, 6.07) is 5.73. The van der Waals surface area contributed by atoms with E-state index in [2.05, 4.69) is 5.32 Å². The minimum Gasteiger partial charge on any atom is -0.388 e. The normalized spacial score (nSPS) is 22.4. The van der Waals surface area contributed by atoms with E-state index in [1.807, 2.05) is 6.07 Å². The fraction of sp³-hybridized carbons (Fsp3) is 0.538. The van der Waals surface area contributed by atoms with Crippen molar-refractivity contribution < 1.29 is 5.11 Å². The van der Waals surface area contributed by atoms with Gasteiger partial charge in [0.15, 0.2) is 0 Å². The second kappa shape index (κ2) is 6.05. The Bertz CT molecular complexity index is 378. The van der Waals surface area contributed by atoms with E-state index in [-0.39, 0.29) is 0 Å². The van der Waals surface area contributed by atoms with E-state index in [1.165, 1.54) is 12.8 Å². The number of aliphatic hydroxyl groups is 1. The molecule has 1 fully saturated rings. The Kier molecular flexibility index (Phi) is 4.69. The van der Waals surface area contributed by atoms with Gasteiger partial charge in [0.1, 0.15) is 0 Å². The van der Waals surface area contributed by atoms with E-state index in [0.717, 1.165) is 24.9 Å². The highest BCUT2D eigenvalue weighted by Gasteiger charge is 2.18. The number of piperidine rings is 1. The average Bonchev–Trinajstić information content (AvgIpc) is 2.34. The van der Waals surface area contributed by atoms with Gasteiger partial charge in [0.25, 0.3) is 0 Å². The Hall–Kier alpha value is -0.280. The Morgan fingerprint density at radius 2 is 2.12 bits per heavy atom. The maximum absolute atomic E-state index is 10.1. The van der Waals surface area contributed by atoms with Crippen molar-refractivity contribution >= 4 is 23.2 Å². The van der Waals surface area contributed by atoms with Crippen LogP contribution in [0.3, 0.4) is 0 Å². The number of benzene rings is 1. The monoisotopic (exact) mass is 273 g/mol. The van der Waals surface area contributed by atoms with Crippen molar-refractivity contribution in [1.29, 1.82) is 0 Å². The lowest BCUT2D eigenvalue weighted by Gasteiger charge is -2.25. The van der Waals surface area contributed by atoms with Gasteiger partial charge in [0.2, 0.25) is 0 Å². The van der Waals surface area contributed by atoms with Crippen molar-refractivity contribution in [3.8, 4) is 0 Å². The van der Waals surface area contributed by atoms with Crippen LogP contribution in [0.5, 0.6) is 0 Å². The summed E-state index contributed by atoms with van der Waals surface area (Å²) in [5, 5.41) is 14.6. The first-order valence-corrected chi connectivity index (χ1v) is 6.79. The standard InChI is InChI=1S/C13H17Cl2NO/c14-11-5-4-9(7-12(11)15)13(17)8-10-3-1-2-6-16-10/h4-5,7,10,13,16-17H,1-3,6,8H2. The molecule has 1 aliphatic rings. The molecule has 0 bridgehead atoms. The number of aliphatic hydroxyl groups excluding tert-OH is 1. The van der Waals surface area contributed by atoms with Gasteiger partial charge in [-0.05, 0) is 43.5 Å². The van der Waals surface area contributed by atoms with Gasteiger partial charge in [0.05, 0.1) is 16.1 Å². The predicted molar refractivity (Wildman–Crippen MR) is 71.7 cm³/mol. The molecule has 2 unspecified atom stereocenters. The smallest absolute Gasteiger partial charge is 0.0805 e. The molecule has 1 aromatic carbocycles. The molecule has 0 aromatic heterocycles. The van der Waals surface area contributed by atoms with Crippen LogP contribution in [-0.4, -0.2) is 17.7 Å². The number of nitrogens with one attached hydrogen (secondary N) is 1. The van der Waals surface area contributed by atoms with Crippen molar-refractivity contribution in [3.05, 3.63) is 33.8 Å².